The third-order valence-corrected chi connectivity index (χ3v) is 7.09. The SMILES string of the molecule is COc1ccc(C(=O)N2CC3CN(C(CC(N)=O)c4ccc(C)c(Cl)c4)CC3C2)c(OC)n1. The second kappa shape index (κ2) is 9.57. The van der Waals surface area contributed by atoms with Crippen LogP contribution in [0, 0.1) is 18.8 Å². The minimum Gasteiger partial charge on any atom is -0.481 e. The number of benzene rings is 1. The first-order valence-corrected chi connectivity index (χ1v) is 11.3. The summed E-state index contributed by atoms with van der Waals surface area (Å²) in [5, 5.41) is 0.681. The molecular weight excluding hydrogens is 444 g/mol. The van der Waals surface area contributed by atoms with E-state index in [-0.39, 0.29) is 30.2 Å². The number of nitrogens with two attached hydrogens (primary N) is 1. The van der Waals surface area contributed by atoms with Gasteiger partial charge >= 0.3 is 0 Å². The van der Waals surface area contributed by atoms with Crippen molar-refractivity contribution in [3.05, 3.63) is 52.0 Å². The van der Waals surface area contributed by atoms with Crippen molar-refractivity contribution < 1.29 is 19.1 Å². The molecule has 8 nitrogen and oxygen atoms in total. The maximum atomic E-state index is 13.2. The third kappa shape index (κ3) is 4.77. The standard InChI is InChI=1S/C24H29ClN4O4/c1-14-4-5-15(8-19(14)25)20(9-21(26)30)28-10-16-12-29(13-17(16)11-28)24(31)18-6-7-22(32-2)27-23(18)33-3/h4-8,16-17,20H,9-13H2,1-3H3,(H2,26,30). The lowest BCUT2D eigenvalue weighted by atomic mass is 10.0. The summed E-state index contributed by atoms with van der Waals surface area (Å²) in [6, 6.07) is 9.15. The first-order chi connectivity index (χ1) is 15.8. The number of methoxy groups -OCH3 is 2. The van der Waals surface area contributed by atoms with E-state index in [4.69, 9.17) is 26.8 Å². The molecule has 2 N–H and O–H groups in total. The zero-order chi connectivity index (χ0) is 23.7. The summed E-state index contributed by atoms with van der Waals surface area (Å²) in [6.07, 6.45) is 0.232. The van der Waals surface area contributed by atoms with Crippen molar-refractivity contribution in [1.29, 1.82) is 0 Å². The van der Waals surface area contributed by atoms with Gasteiger partial charge in [0.1, 0.15) is 5.56 Å². The van der Waals surface area contributed by atoms with E-state index < -0.39 is 0 Å². The average Bonchev–Trinajstić information content (AvgIpc) is 3.37. The monoisotopic (exact) mass is 472 g/mol. The van der Waals surface area contributed by atoms with Crippen LogP contribution in [0.15, 0.2) is 30.3 Å². The van der Waals surface area contributed by atoms with Gasteiger partial charge in [0.15, 0.2) is 0 Å². The van der Waals surface area contributed by atoms with Gasteiger partial charge in [-0.2, -0.15) is 4.98 Å². The molecule has 0 aliphatic carbocycles. The number of carbonyl (C=O) groups is 2. The first kappa shape index (κ1) is 23.3. The Kier molecular flexibility index (Phi) is 6.76. The Morgan fingerprint density at radius 2 is 1.82 bits per heavy atom. The first-order valence-electron chi connectivity index (χ1n) is 11.0. The molecule has 176 valence electrons. The number of pyridine rings is 1. The number of ether oxygens (including phenoxy) is 2. The molecule has 1 aromatic heterocycles. The molecule has 3 unspecified atom stereocenters. The minimum atomic E-state index is -0.343. The molecule has 1 aromatic carbocycles. The van der Waals surface area contributed by atoms with Gasteiger partial charge in [-0.25, -0.2) is 0 Å². The van der Waals surface area contributed by atoms with Crippen molar-refractivity contribution in [1.82, 2.24) is 14.8 Å². The van der Waals surface area contributed by atoms with Crippen LogP contribution < -0.4 is 15.2 Å². The Hall–Kier alpha value is -2.84. The van der Waals surface area contributed by atoms with E-state index in [9.17, 15) is 9.59 Å². The van der Waals surface area contributed by atoms with Gasteiger partial charge in [-0.15, -0.1) is 0 Å². The molecule has 3 heterocycles. The lowest BCUT2D eigenvalue weighted by molar-refractivity contribution is -0.119. The Morgan fingerprint density at radius 1 is 1.12 bits per heavy atom. The predicted octanol–water partition coefficient (Wildman–Crippen LogP) is 2.68. The van der Waals surface area contributed by atoms with E-state index in [1.54, 1.807) is 12.1 Å². The highest BCUT2D eigenvalue weighted by Crippen LogP contribution is 2.38. The number of rotatable bonds is 7. The van der Waals surface area contributed by atoms with Crippen LogP contribution in [0.1, 0.15) is 33.9 Å². The van der Waals surface area contributed by atoms with Crippen LogP contribution in [0.5, 0.6) is 11.8 Å². The van der Waals surface area contributed by atoms with E-state index in [1.165, 1.54) is 14.2 Å². The highest BCUT2D eigenvalue weighted by molar-refractivity contribution is 6.31. The highest BCUT2D eigenvalue weighted by atomic mass is 35.5. The van der Waals surface area contributed by atoms with Gasteiger partial charge in [0.25, 0.3) is 5.91 Å². The van der Waals surface area contributed by atoms with Crippen LogP contribution in [0.3, 0.4) is 0 Å². The van der Waals surface area contributed by atoms with Crippen molar-refractivity contribution >= 4 is 23.4 Å². The van der Waals surface area contributed by atoms with Gasteiger partial charge in [0, 0.05) is 49.7 Å². The maximum Gasteiger partial charge on any atom is 0.259 e. The molecule has 2 fully saturated rings. The normalized spacial score (nSPS) is 21.0. The number of hydrogen-bond acceptors (Lipinski definition) is 6. The van der Waals surface area contributed by atoms with Crippen molar-refractivity contribution in [3.63, 3.8) is 0 Å². The average molecular weight is 473 g/mol. The molecule has 2 aromatic rings. The topological polar surface area (TPSA) is 98.0 Å². The van der Waals surface area contributed by atoms with Gasteiger partial charge in [0.05, 0.1) is 14.2 Å². The molecule has 2 aliphatic rings. The number of fused-ring (bicyclic) bond motifs is 1. The number of likely N-dealkylation sites (tertiary alicyclic amines) is 2. The molecular formula is C24H29ClN4O4. The highest BCUT2D eigenvalue weighted by Gasteiger charge is 2.44. The number of aryl methyl sites for hydroxylation is 1. The largest absolute Gasteiger partial charge is 0.481 e. The predicted molar refractivity (Wildman–Crippen MR) is 125 cm³/mol. The van der Waals surface area contributed by atoms with Gasteiger partial charge in [0.2, 0.25) is 17.7 Å². The molecule has 0 spiro atoms. The van der Waals surface area contributed by atoms with E-state index in [0.717, 1.165) is 24.2 Å². The minimum absolute atomic E-state index is 0.0954. The Bertz CT molecular complexity index is 1050. The molecule has 2 aliphatic heterocycles. The summed E-state index contributed by atoms with van der Waals surface area (Å²) in [7, 11) is 3.01. The van der Waals surface area contributed by atoms with Gasteiger partial charge in [-0.3, -0.25) is 14.5 Å². The molecule has 3 atom stereocenters. The number of amides is 2. The number of primary amides is 1. The van der Waals surface area contributed by atoms with Crippen molar-refractivity contribution in [2.75, 3.05) is 40.4 Å². The molecule has 2 amide bonds. The summed E-state index contributed by atoms with van der Waals surface area (Å²) >= 11 is 6.35. The van der Waals surface area contributed by atoms with Gasteiger partial charge in [-0.1, -0.05) is 23.7 Å². The van der Waals surface area contributed by atoms with E-state index in [1.807, 2.05) is 30.0 Å². The number of hydrogen-bond donors (Lipinski definition) is 1. The third-order valence-electron chi connectivity index (χ3n) is 6.69. The molecule has 2 saturated heterocycles. The number of aromatic nitrogens is 1. The fourth-order valence-electron chi connectivity index (χ4n) is 4.94. The lowest BCUT2D eigenvalue weighted by Gasteiger charge is -2.29. The summed E-state index contributed by atoms with van der Waals surface area (Å²) in [4.78, 5) is 33.4. The quantitative estimate of drug-likeness (QED) is 0.665. The number of carbonyl (C=O) groups excluding carboxylic acids is 2. The fraction of sp³-hybridized carbons (Fsp3) is 0.458. The van der Waals surface area contributed by atoms with Crippen LogP contribution in [-0.2, 0) is 4.79 Å². The van der Waals surface area contributed by atoms with Crippen LogP contribution >= 0.6 is 11.6 Å². The second-order valence-electron chi connectivity index (χ2n) is 8.79. The van der Waals surface area contributed by atoms with Gasteiger partial charge < -0.3 is 20.1 Å². The summed E-state index contributed by atoms with van der Waals surface area (Å²) in [5.74, 6) is 0.862. The molecule has 0 bridgehead atoms. The zero-order valence-electron chi connectivity index (χ0n) is 19.1. The van der Waals surface area contributed by atoms with E-state index in [2.05, 4.69) is 9.88 Å². The second-order valence-corrected chi connectivity index (χ2v) is 9.20. The summed E-state index contributed by atoms with van der Waals surface area (Å²) in [5.41, 5.74) is 7.99. The molecule has 9 heteroatoms. The maximum absolute atomic E-state index is 13.2. The molecule has 0 saturated carbocycles. The lowest BCUT2D eigenvalue weighted by Crippen LogP contribution is -2.36. The smallest absolute Gasteiger partial charge is 0.259 e. The Balaban J connectivity index is 1.47. The van der Waals surface area contributed by atoms with Crippen LogP contribution in [-0.4, -0.2) is 67.0 Å². The van der Waals surface area contributed by atoms with Crippen LogP contribution in [0.4, 0.5) is 0 Å². The number of nitrogens with zero attached hydrogens (tertiary/aromatic N) is 3. The van der Waals surface area contributed by atoms with Gasteiger partial charge in [-0.05, 0) is 42.0 Å². The zero-order valence-corrected chi connectivity index (χ0v) is 19.8. The number of halogens is 1. The molecule has 4 rings (SSSR count). The van der Waals surface area contributed by atoms with Crippen LogP contribution in [0.2, 0.25) is 5.02 Å². The Morgan fingerprint density at radius 3 is 2.39 bits per heavy atom. The van der Waals surface area contributed by atoms with Crippen molar-refractivity contribution in [2.24, 2.45) is 17.6 Å². The van der Waals surface area contributed by atoms with E-state index >= 15 is 0 Å². The van der Waals surface area contributed by atoms with Crippen LogP contribution in [0.25, 0.3) is 0 Å². The van der Waals surface area contributed by atoms with Crippen molar-refractivity contribution in [3.8, 4) is 11.8 Å². The molecule has 0 radical (unpaired) electrons. The molecule has 33 heavy (non-hydrogen) atoms. The van der Waals surface area contributed by atoms with E-state index in [0.29, 0.717) is 41.4 Å². The fourth-order valence-corrected chi connectivity index (χ4v) is 5.13. The van der Waals surface area contributed by atoms with Crippen molar-refractivity contribution in [2.45, 2.75) is 19.4 Å². The Labute approximate surface area is 198 Å². The summed E-state index contributed by atoms with van der Waals surface area (Å²) < 4.78 is 10.4. The summed E-state index contributed by atoms with van der Waals surface area (Å²) in [6.45, 7) is 4.82.